The van der Waals surface area contributed by atoms with Crippen LogP contribution in [0, 0.1) is 0 Å². The Labute approximate surface area is 165 Å². The van der Waals surface area contributed by atoms with E-state index in [2.05, 4.69) is 15.6 Å². The second-order valence-corrected chi connectivity index (χ2v) is 8.14. The van der Waals surface area contributed by atoms with E-state index >= 15 is 0 Å². The highest BCUT2D eigenvalue weighted by Crippen LogP contribution is 2.30. The largest absolute Gasteiger partial charge is 0.447 e. The summed E-state index contributed by atoms with van der Waals surface area (Å²) in [4.78, 5) is 15.6. The summed E-state index contributed by atoms with van der Waals surface area (Å²) in [5.41, 5.74) is 0.422. The first-order valence-electron chi connectivity index (χ1n) is 7.59. The maximum Gasteiger partial charge on any atom is 0.319 e. The van der Waals surface area contributed by atoms with E-state index in [-0.39, 0.29) is 21.4 Å². The first kappa shape index (κ1) is 19.2. The molecule has 1 aromatic heterocycles. The van der Waals surface area contributed by atoms with E-state index in [1.54, 1.807) is 0 Å². The van der Waals surface area contributed by atoms with E-state index in [0.29, 0.717) is 16.5 Å². The summed E-state index contributed by atoms with van der Waals surface area (Å²) in [6.07, 6.45) is 2.75. The molecule has 0 aliphatic carbocycles. The van der Waals surface area contributed by atoms with Crippen LogP contribution in [0.25, 0.3) is 0 Å². The average molecular weight is 426 g/mol. The maximum atomic E-state index is 12.7. The fourth-order valence-electron chi connectivity index (χ4n) is 2.21. The zero-order valence-corrected chi connectivity index (χ0v) is 16.0. The van der Waals surface area contributed by atoms with Crippen molar-refractivity contribution in [3.05, 3.63) is 70.9 Å². The molecule has 3 aromatic rings. The minimum atomic E-state index is -3.81. The number of anilines is 1. The number of amides is 2. The highest BCUT2D eigenvalue weighted by Gasteiger charge is 2.21. The van der Waals surface area contributed by atoms with Gasteiger partial charge in [0, 0.05) is 10.7 Å². The first-order chi connectivity index (χ1) is 12.9. The van der Waals surface area contributed by atoms with Gasteiger partial charge in [0.1, 0.15) is 5.76 Å². The molecule has 10 heteroatoms. The number of oxazole rings is 1. The highest BCUT2D eigenvalue weighted by atomic mass is 35.5. The summed E-state index contributed by atoms with van der Waals surface area (Å²) in [5.74, 6) is 0.506. The van der Waals surface area contributed by atoms with Crippen LogP contribution in [0.15, 0.2) is 69.3 Å². The number of benzene rings is 2. The molecule has 3 rings (SSSR count). The molecule has 0 spiro atoms. The lowest BCUT2D eigenvalue weighted by Crippen LogP contribution is -2.27. The Morgan fingerprint density at radius 3 is 2.48 bits per heavy atom. The van der Waals surface area contributed by atoms with Gasteiger partial charge in [-0.15, -0.1) is 0 Å². The van der Waals surface area contributed by atoms with Crippen molar-refractivity contribution in [1.82, 2.24) is 10.3 Å². The third-order valence-electron chi connectivity index (χ3n) is 3.51. The number of sulfone groups is 1. The van der Waals surface area contributed by atoms with Crippen LogP contribution in [0.3, 0.4) is 0 Å². The highest BCUT2D eigenvalue weighted by molar-refractivity contribution is 7.91. The molecule has 27 heavy (non-hydrogen) atoms. The van der Waals surface area contributed by atoms with Gasteiger partial charge < -0.3 is 15.1 Å². The van der Waals surface area contributed by atoms with Crippen molar-refractivity contribution in [3.8, 4) is 0 Å². The van der Waals surface area contributed by atoms with Crippen LogP contribution in [-0.2, 0) is 16.4 Å². The van der Waals surface area contributed by atoms with Crippen LogP contribution < -0.4 is 10.6 Å². The molecule has 0 saturated carbocycles. The van der Waals surface area contributed by atoms with Gasteiger partial charge in [0.25, 0.3) is 0 Å². The average Bonchev–Trinajstić information content (AvgIpc) is 3.14. The summed E-state index contributed by atoms with van der Waals surface area (Å²) in [7, 11) is -3.81. The molecule has 0 atom stereocenters. The predicted octanol–water partition coefficient (Wildman–Crippen LogP) is 4.14. The van der Waals surface area contributed by atoms with Crippen LogP contribution in [0.2, 0.25) is 10.0 Å². The monoisotopic (exact) mass is 425 g/mol. The standard InChI is InChI=1S/C17H13Cl2N3O4S/c18-11-1-6-16(15(19)7-11)27(24,25)14-4-2-12(3-5-14)22-17(23)21-9-13-8-20-10-26-13/h1-8,10H,9H2,(H2,21,22,23). The van der Waals surface area contributed by atoms with E-state index in [1.165, 1.54) is 55.1 Å². The first-order valence-corrected chi connectivity index (χ1v) is 9.82. The Balaban J connectivity index is 1.70. The summed E-state index contributed by atoms with van der Waals surface area (Å²) in [5, 5.41) is 5.56. The van der Waals surface area contributed by atoms with Crippen molar-refractivity contribution < 1.29 is 17.6 Å². The molecule has 0 saturated heterocycles. The van der Waals surface area contributed by atoms with Gasteiger partial charge in [0.05, 0.1) is 27.6 Å². The number of carbonyl (C=O) groups is 1. The molecule has 0 aliphatic rings. The molecule has 2 N–H and O–H groups in total. The molecule has 7 nitrogen and oxygen atoms in total. The van der Waals surface area contributed by atoms with E-state index in [4.69, 9.17) is 27.6 Å². The number of halogens is 2. The number of nitrogens with zero attached hydrogens (tertiary/aromatic N) is 1. The Morgan fingerprint density at radius 1 is 1.11 bits per heavy atom. The van der Waals surface area contributed by atoms with Gasteiger partial charge in [-0.05, 0) is 42.5 Å². The van der Waals surface area contributed by atoms with Crippen molar-refractivity contribution in [3.63, 3.8) is 0 Å². The predicted molar refractivity (Wildman–Crippen MR) is 101 cm³/mol. The van der Waals surface area contributed by atoms with Gasteiger partial charge in [0.15, 0.2) is 6.39 Å². The van der Waals surface area contributed by atoms with Crippen LogP contribution in [-0.4, -0.2) is 19.4 Å². The van der Waals surface area contributed by atoms with Crippen molar-refractivity contribution in [1.29, 1.82) is 0 Å². The molecule has 140 valence electrons. The lowest BCUT2D eigenvalue weighted by Gasteiger charge is -2.09. The van der Waals surface area contributed by atoms with Gasteiger partial charge in [-0.2, -0.15) is 0 Å². The quantitative estimate of drug-likeness (QED) is 0.639. The topological polar surface area (TPSA) is 101 Å². The number of aromatic nitrogens is 1. The lowest BCUT2D eigenvalue weighted by molar-refractivity contribution is 0.251. The molecule has 0 fully saturated rings. The van der Waals surface area contributed by atoms with Crippen molar-refractivity contribution in [2.45, 2.75) is 16.3 Å². The molecule has 0 bridgehead atoms. The minimum absolute atomic E-state index is 0.0384. The Kier molecular flexibility index (Phi) is 5.69. The Bertz CT molecular complexity index is 1050. The fraction of sp³-hybridized carbons (Fsp3) is 0.0588. The lowest BCUT2D eigenvalue weighted by atomic mass is 10.3. The van der Waals surface area contributed by atoms with Crippen LogP contribution in [0.5, 0.6) is 0 Å². The number of carbonyl (C=O) groups excluding carboxylic acids is 1. The van der Waals surface area contributed by atoms with Gasteiger partial charge >= 0.3 is 6.03 Å². The van der Waals surface area contributed by atoms with E-state index < -0.39 is 15.9 Å². The molecule has 0 radical (unpaired) electrons. The summed E-state index contributed by atoms with van der Waals surface area (Å²) in [6.45, 7) is 0.174. The second kappa shape index (κ2) is 7.99. The SMILES string of the molecule is O=C(NCc1cnco1)Nc1ccc(S(=O)(=O)c2ccc(Cl)cc2Cl)cc1. The molecule has 0 aliphatic heterocycles. The summed E-state index contributed by atoms with van der Waals surface area (Å²) < 4.78 is 30.4. The van der Waals surface area contributed by atoms with Crippen LogP contribution in [0.1, 0.15) is 5.76 Å². The Hall–Kier alpha value is -2.55. The molecular formula is C17H13Cl2N3O4S. The van der Waals surface area contributed by atoms with Gasteiger partial charge in [-0.3, -0.25) is 0 Å². The number of hydrogen-bond donors (Lipinski definition) is 2. The van der Waals surface area contributed by atoms with Crippen LogP contribution in [0.4, 0.5) is 10.5 Å². The van der Waals surface area contributed by atoms with E-state index in [0.717, 1.165) is 0 Å². The molecule has 2 aromatic carbocycles. The third kappa shape index (κ3) is 4.60. The zero-order valence-electron chi connectivity index (χ0n) is 13.6. The van der Waals surface area contributed by atoms with Gasteiger partial charge in [-0.25, -0.2) is 18.2 Å². The van der Waals surface area contributed by atoms with Crippen molar-refractivity contribution in [2.75, 3.05) is 5.32 Å². The van der Waals surface area contributed by atoms with E-state index in [1.807, 2.05) is 0 Å². The zero-order chi connectivity index (χ0) is 19.4. The number of hydrogen-bond acceptors (Lipinski definition) is 5. The van der Waals surface area contributed by atoms with E-state index in [9.17, 15) is 13.2 Å². The summed E-state index contributed by atoms with van der Waals surface area (Å²) >= 11 is 11.8. The second-order valence-electron chi connectivity index (χ2n) is 5.38. The van der Waals surface area contributed by atoms with Crippen molar-refractivity contribution >= 4 is 44.8 Å². The smallest absolute Gasteiger partial charge is 0.319 e. The Morgan fingerprint density at radius 2 is 1.85 bits per heavy atom. The third-order valence-corrected chi connectivity index (χ3v) is 6.00. The molecular weight excluding hydrogens is 413 g/mol. The maximum absolute atomic E-state index is 12.7. The van der Waals surface area contributed by atoms with Crippen LogP contribution >= 0.6 is 23.2 Å². The minimum Gasteiger partial charge on any atom is -0.447 e. The number of urea groups is 1. The van der Waals surface area contributed by atoms with Gasteiger partial charge in [-0.1, -0.05) is 23.2 Å². The molecule has 1 heterocycles. The van der Waals surface area contributed by atoms with Gasteiger partial charge in [0.2, 0.25) is 9.84 Å². The number of nitrogens with one attached hydrogen (secondary N) is 2. The molecule has 0 unspecified atom stereocenters. The summed E-state index contributed by atoms with van der Waals surface area (Å²) in [6, 6.07) is 9.42. The fourth-order valence-corrected chi connectivity index (χ4v) is 4.23. The normalized spacial score (nSPS) is 11.2. The van der Waals surface area contributed by atoms with Crippen molar-refractivity contribution in [2.24, 2.45) is 0 Å². The molecule has 2 amide bonds. The number of rotatable bonds is 5.